The summed E-state index contributed by atoms with van der Waals surface area (Å²) in [4.78, 5) is 37.5. The van der Waals surface area contributed by atoms with Gasteiger partial charge < -0.3 is 19.5 Å². The van der Waals surface area contributed by atoms with Crippen molar-refractivity contribution < 1.29 is 28.6 Å². The standard InChI is InChI=1S/C23H29NO6S/c1-7-28-22(26)19-15(6)20(23(27)30-14(4)5)31-21(19)24-18(25)12-29-17-10-8-16(9-11-17)13(2)3/h8-11,13-14H,7,12H2,1-6H3,(H,24,25). The minimum Gasteiger partial charge on any atom is -0.484 e. The summed E-state index contributed by atoms with van der Waals surface area (Å²) in [5.74, 6) is -0.653. The van der Waals surface area contributed by atoms with Crippen LogP contribution in [-0.2, 0) is 14.3 Å². The van der Waals surface area contributed by atoms with E-state index in [0.29, 0.717) is 17.2 Å². The first-order valence-corrected chi connectivity index (χ1v) is 11.0. The van der Waals surface area contributed by atoms with Gasteiger partial charge in [-0.1, -0.05) is 26.0 Å². The fraction of sp³-hybridized carbons (Fsp3) is 0.435. The molecule has 2 aromatic rings. The summed E-state index contributed by atoms with van der Waals surface area (Å²) in [5.41, 5.74) is 1.73. The number of esters is 2. The molecule has 1 amide bonds. The Morgan fingerprint density at radius 1 is 1.03 bits per heavy atom. The Labute approximate surface area is 186 Å². The maximum absolute atomic E-state index is 12.5. The molecule has 31 heavy (non-hydrogen) atoms. The van der Waals surface area contributed by atoms with Gasteiger partial charge in [-0.3, -0.25) is 4.79 Å². The third-order valence-corrected chi connectivity index (χ3v) is 5.51. The summed E-state index contributed by atoms with van der Waals surface area (Å²) in [7, 11) is 0. The molecule has 0 aliphatic heterocycles. The molecule has 2 rings (SSSR count). The molecular formula is C23H29NO6S. The highest BCUT2D eigenvalue weighted by Gasteiger charge is 2.27. The lowest BCUT2D eigenvalue weighted by Gasteiger charge is -2.10. The molecule has 0 fully saturated rings. The zero-order valence-electron chi connectivity index (χ0n) is 18.7. The van der Waals surface area contributed by atoms with Crippen LogP contribution in [-0.4, -0.2) is 37.2 Å². The van der Waals surface area contributed by atoms with Gasteiger partial charge in [-0.2, -0.15) is 0 Å². The maximum Gasteiger partial charge on any atom is 0.348 e. The highest BCUT2D eigenvalue weighted by Crippen LogP contribution is 2.34. The molecule has 0 aliphatic carbocycles. The fourth-order valence-electron chi connectivity index (χ4n) is 2.77. The third-order valence-electron chi connectivity index (χ3n) is 4.32. The van der Waals surface area contributed by atoms with Crippen LogP contribution in [0.4, 0.5) is 5.00 Å². The SMILES string of the molecule is CCOC(=O)c1c(NC(=O)COc2ccc(C(C)C)cc2)sc(C(=O)OC(C)C)c1C. The molecule has 168 valence electrons. The van der Waals surface area contributed by atoms with Gasteiger partial charge in [-0.25, -0.2) is 9.59 Å². The van der Waals surface area contributed by atoms with Crippen LogP contribution in [0, 0.1) is 6.92 Å². The number of amides is 1. The van der Waals surface area contributed by atoms with E-state index in [2.05, 4.69) is 19.2 Å². The minimum atomic E-state index is -0.611. The van der Waals surface area contributed by atoms with Crippen molar-refractivity contribution in [2.45, 2.75) is 53.6 Å². The molecular weight excluding hydrogens is 418 g/mol. The number of hydrogen-bond donors (Lipinski definition) is 1. The Morgan fingerprint density at radius 2 is 1.68 bits per heavy atom. The number of rotatable bonds is 9. The summed E-state index contributed by atoms with van der Waals surface area (Å²) < 4.78 is 15.9. The summed E-state index contributed by atoms with van der Waals surface area (Å²) in [6.07, 6.45) is -0.312. The highest BCUT2D eigenvalue weighted by molar-refractivity contribution is 7.18. The van der Waals surface area contributed by atoms with Gasteiger partial charge in [-0.05, 0) is 56.9 Å². The highest BCUT2D eigenvalue weighted by atomic mass is 32.1. The first kappa shape index (κ1) is 24.4. The van der Waals surface area contributed by atoms with Gasteiger partial charge in [0.25, 0.3) is 5.91 Å². The van der Waals surface area contributed by atoms with Crippen LogP contribution >= 0.6 is 11.3 Å². The van der Waals surface area contributed by atoms with Crippen molar-refractivity contribution in [3.63, 3.8) is 0 Å². The van der Waals surface area contributed by atoms with E-state index >= 15 is 0 Å². The minimum absolute atomic E-state index is 0.150. The smallest absolute Gasteiger partial charge is 0.348 e. The zero-order chi connectivity index (χ0) is 23.1. The predicted molar refractivity (Wildman–Crippen MR) is 120 cm³/mol. The molecule has 0 atom stereocenters. The van der Waals surface area contributed by atoms with Crippen molar-refractivity contribution in [2.75, 3.05) is 18.5 Å². The summed E-state index contributed by atoms with van der Waals surface area (Å²) in [6, 6.07) is 7.52. The van der Waals surface area contributed by atoms with Crippen LogP contribution in [0.25, 0.3) is 0 Å². The van der Waals surface area contributed by atoms with Crippen molar-refractivity contribution in [2.24, 2.45) is 0 Å². The van der Waals surface area contributed by atoms with Crippen molar-refractivity contribution >= 4 is 34.2 Å². The number of hydrogen-bond acceptors (Lipinski definition) is 7. The molecule has 0 radical (unpaired) electrons. The van der Waals surface area contributed by atoms with Crippen LogP contribution in [0.2, 0.25) is 0 Å². The van der Waals surface area contributed by atoms with Gasteiger partial charge in [-0.15, -0.1) is 11.3 Å². The molecule has 0 aliphatic rings. The molecule has 7 nitrogen and oxygen atoms in total. The number of carbonyl (C=O) groups excluding carboxylic acids is 3. The quantitative estimate of drug-likeness (QED) is 0.548. The summed E-state index contributed by atoms with van der Waals surface area (Å²) in [6.45, 7) is 10.9. The molecule has 1 heterocycles. The molecule has 1 aromatic carbocycles. The van der Waals surface area contributed by atoms with E-state index in [9.17, 15) is 14.4 Å². The third kappa shape index (κ3) is 6.55. The normalized spacial score (nSPS) is 10.8. The van der Waals surface area contributed by atoms with Crippen LogP contribution < -0.4 is 10.1 Å². The Hall–Kier alpha value is -2.87. The van der Waals surface area contributed by atoms with E-state index in [4.69, 9.17) is 14.2 Å². The maximum atomic E-state index is 12.5. The van der Waals surface area contributed by atoms with Crippen molar-refractivity contribution in [1.82, 2.24) is 0 Å². The van der Waals surface area contributed by atoms with Gasteiger partial charge in [0.1, 0.15) is 15.6 Å². The Kier molecular flexibility index (Phi) is 8.62. The average molecular weight is 448 g/mol. The number of anilines is 1. The number of thiophene rings is 1. The van der Waals surface area contributed by atoms with Crippen LogP contribution in [0.3, 0.4) is 0 Å². The first-order chi connectivity index (χ1) is 14.6. The molecule has 8 heteroatoms. The monoisotopic (exact) mass is 447 g/mol. The second-order valence-corrected chi connectivity index (χ2v) is 8.52. The lowest BCUT2D eigenvalue weighted by molar-refractivity contribution is -0.118. The van der Waals surface area contributed by atoms with E-state index in [1.807, 2.05) is 24.3 Å². The molecule has 0 spiro atoms. The lowest BCUT2D eigenvalue weighted by atomic mass is 10.0. The van der Waals surface area contributed by atoms with E-state index < -0.39 is 17.8 Å². The first-order valence-electron chi connectivity index (χ1n) is 10.2. The molecule has 1 aromatic heterocycles. The summed E-state index contributed by atoms with van der Waals surface area (Å²) in [5, 5.41) is 2.90. The van der Waals surface area contributed by atoms with Gasteiger partial charge in [0.15, 0.2) is 6.61 Å². The summed E-state index contributed by atoms with van der Waals surface area (Å²) >= 11 is 0.983. The predicted octanol–water partition coefficient (Wildman–Crippen LogP) is 4.94. The van der Waals surface area contributed by atoms with E-state index in [0.717, 1.165) is 11.3 Å². The number of benzene rings is 1. The molecule has 0 unspecified atom stereocenters. The van der Waals surface area contributed by atoms with Gasteiger partial charge in [0.05, 0.1) is 18.3 Å². The molecule has 1 N–H and O–H groups in total. The van der Waals surface area contributed by atoms with Crippen molar-refractivity contribution in [1.29, 1.82) is 0 Å². The van der Waals surface area contributed by atoms with Crippen LogP contribution in [0.1, 0.15) is 71.7 Å². The average Bonchev–Trinajstić information content (AvgIpc) is 3.02. The lowest BCUT2D eigenvalue weighted by Crippen LogP contribution is -2.21. The van der Waals surface area contributed by atoms with Crippen molar-refractivity contribution in [3.05, 3.63) is 45.8 Å². The van der Waals surface area contributed by atoms with E-state index in [1.165, 1.54) is 5.56 Å². The number of carbonyl (C=O) groups is 3. The zero-order valence-corrected chi connectivity index (χ0v) is 19.6. The number of ether oxygens (including phenoxy) is 3. The fourth-order valence-corrected chi connectivity index (χ4v) is 3.87. The topological polar surface area (TPSA) is 90.9 Å². The molecule has 0 saturated carbocycles. The Bertz CT molecular complexity index is 930. The van der Waals surface area contributed by atoms with Gasteiger partial charge in [0.2, 0.25) is 0 Å². The number of nitrogens with one attached hydrogen (secondary N) is 1. The molecule has 0 saturated heterocycles. The van der Waals surface area contributed by atoms with E-state index in [-0.39, 0.29) is 34.8 Å². The Balaban J connectivity index is 2.16. The van der Waals surface area contributed by atoms with Crippen LogP contribution in [0.15, 0.2) is 24.3 Å². The second-order valence-electron chi connectivity index (χ2n) is 7.50. The largest absolute Gasteiger partial charge is 0.484 e. The Morgan fingerprint density at radius 3 is 2.23 bits per heavy atom. The molecule has 0 bridgehead atoms. The van der Waals surface area contributed by atoms with Gasteiger partial charge >= 0.3 is 11.9 Å². The van der Waals surface area contributed by atoms with Crippen molar-refractivity contribution in [3.8, 4) is 5.75 Å². The van der Waals surface area contributed by atoms with Crippen LogP contribution in [0.5, 0.6) is 5.75 Å². The second kappa shape index (κ2) is 10.9. The van der Waals surface area contributed by atoms with Gasteiger partial charge in [0, 0.05) is 0 Å². The van der Waals surface area contributed by atoms with E-state index in [1.54, 1.807) is 27.7 Å².